The number of piperazine rings is 1. The van der Waals surface area contributed by atoms with Gasteiger partial charge in [-0.1, -0.05) is 98.6 Å². The molecule has 0 radical (unpaired) electrons. The molecular weight excluding hydrogens is 1000 g/mol. The molecule has 7 aromatic rings. The van der Waals surface area contributed by atoms with Gasteiger partial charge in [0.2, 0.25) is 5.75 Å². The zero-order valence-corrected chi connectivity index (χ0v) is 46.1. The molecule has 14 heteroatoms. The number of aliphatic imine (C=N–C) groups is 1. The summed E-state index contributed by atoms with van der Waals surface area (Å²) in [5.74, 6) is 1.58. The Morgan fingerprint density at radius 3 is 2.46 bits per heavy atom. The molecular formula is C66H76N6O8. The minimum Gasteiger partial charge on any atom is -0.508 e. The summed E-state index contributed by atoms with van der Waals surface area (Å²) in [6, 6.07) is 35.5. The average molecular weight is 1080 g/mol. The van der Waals surface area contributed by atoms with Gasteiger partial charge in [-0.2, -0.15) is 0 Å². The lowest BCUT2D eigenvalue weighted by Gasteiger charge is -2.54. The number of hydrogen-bond acceptors (Lipinski definition) is 11. The van der Waals surface area contributed by atoms with Gasteiger partial charge in [0.25, 0.3) is 0 Å². The lowest BCUT2D eigenvalue weighted by Crippen LogP contribution is -2.62. The molecule has 4 bridgehead atoms. The van der Waals surface area contributed by atoms with Gasteiger partial charge in [0, 0.05) is 72.4 Å². The second-order valence-corrected chi connectivity index (χ2v) is 22.7. The molecule has 2 aliphatic carbocycles. The number of anilines is 1. The smallest absolute Gasteiger partial charge is 0.204 e. The van der Waals surface area contributed by atoms with E-state index in [-0.39, 0.29) is 83.1 Å². The molecule has 2 aromatic heterocycles. The second-order valence-electron chi connectivity index (χ2n) is 22.7. The van der Waals surface area contributed by atoms with Crippen LogP contribution in [0.2, 0.25) is 0 Å². The second kappa shape index (κ2) is 23.7. The van der Waals surface area contributed by atoms with Crippen LogP contribution in [0.5, 0.6) is 23.0 Å². The zero-order valence-electron chi connectivity index (χ0n) is 46.1. The van der Waals surface area contributed by atoms with Crippen LogP contribution in [0.1, 0.15) is 98.2 Å². The van der Waals surface area contributed by atoms with Crippen molar-refractivity contribution >= 4 is 34.5 Å². The van der Waals surface area contributed by atoms with Crippen LogP contribution in [0.3, 0.4) is 0 Å². The number of benzene rings is 5. The first-order chi connectivity index (χ1) is 39.0. The number of aromatic nitrogens is 1. The number of nitrogens with two attached hydrogens (primary N) is 2. The summed E-state index contributed by atoms with van der Waals surface area (Å²) < 4.78 is 26.8. The molecule has 5 heterocycles. The van der Waals surface area contributed by atoms with Crippen LogP contribution in [0.15, 0.2) is 129 Å². The zero-order chi connectivity index (χ0) is 55.4. The van der Waals surface area contributed by atoms with Crippen molar-refractivity contribution in [2.45, 2.75) is 108 Å². The number of aryl methyl sites for hydroxylation is 3. The Bertz CT molecular complexity index is 3420. The van der Waals surface area contributed by atoms with Gasteiger partial charge in [0.15, 0.2) is 22.9 Å². The number of rotatable bonds is 11. The summed E-state index contributed by atoms with van der Waals surface area (Å²) in [5.41, 5.74) is 21.9. The number of aromatic hydroxyl groups is 1. The van der Waals surface area contributed by atoms with Crippen molar-refractivity contribution in [3.05, 3.63) is 159 Å². The maximum absolute atomic E-state index is 14.8. The predicted octanol–water partition coefficient (Wildman–Crippen LogP) is 10.7. The molecule has 2 spiro atoms. The molecule has 418 valence electrons. The van der Waals surface area contributed by atoms with Crippen LogP contribution < -0.4 is 41.3 Å². The predicted molar refractivity (Wildman–Crippen MR) is 317 cm³/mol. The Balaban J connectivity index is 1.07. The summed E-state index contributed by atoms with van der Waals surface area (Å²) >= 11 is 0. The fourth-order valence-electron chi connectivity index (χ4n) is 13.4. The Morgan fingerprint density at radius 2 is 1.71 bits per heavy atom. The number of guanidine groups is 1. The van der Waals surface area contributed by atoms with E-state index >= 15 is 0 Å². The van der Waals surface area contributed by atoms with Crippen molar-refractivity contribution in [3.63, 3.8) is 0 Å². The van der Waals surface area contributed by atoms with Crippen LogP contribution in [-0.4, -0.2) is 85.0 Å². The summed E-state index contributed by atoms with van der Waals surface area (Å²) in [6.07, 6.45) is 14.6. The first-order valence-corrected chi connectivity index (χ1v) is 28.8. The average Bonchev–Trinajstić information content (AvgIpc) is 4.16. The number of aromatic amines is 1. The number of methoxy groups -OCH3 is 1. The summed E-state index contributed by atoms with van der Waals surface area (Å²) in [5, 5.41) is 36.7. The highest BCUT2D eigenvalue weighted by molar-refractivity contribution is 5.93. The van der Waals surface area contributed by atoms with Crippen LogP contribution in [-0.2, 0) is 31.1 Å². The largest absolute Gasteiger partial charge is 0.508 e. The number of hydrogen-bond donors (Lipinski definition) is 7. The van der Waals surface area contributed by atoms with Crippen molar-refractivity contribution in [2.75, 3.05) is 51.5 Å². The number of nitrogens with zero attached hydrogens (tertiary/aromatic N) is 2. The summed E-state index contributed by atoms with van der Waals surface area (Å²) in [7, 11) is 1.52. The van der Waals surface area contributed by atoms with Crippen molar-refractivity contribution in [1.82, 2.24) is 10.3 Å². The van der Waals surface area contributed by atoms with Gasteiger partial charge in [-0.3, -0.25) is 4.79 Å². The first kappa shape index (κ1) is 54.4. The van der Waals surface area contributed by atoms with E-state index < -0.39 is 12.0 Å². The number of aliphatic hydroxyl groups excluding tert-OH is 2. The number of nitrogens with one attached hydrogen (secondary N) is 2. The lowest BCUT2D eigenvalue weighted by atomic mass is 9.57. The molecule has 0 amide bonds. The highest BCUT2D eigenvalue weighted by Crippen LogP contribution is 2.57. The Morgan fingerprint density at radius 1 is 0.912 bits per heavy atom. The Labute approximate surface area is 468 Å². The molecule has 12 rings (SSSR count). The van der Waals surface area contributed by atoms with Gasteiger partial charge in [0.05, 0.1) is 38.2 Å². The fourth-order valence-corrected chi connectivity index (χ4v) is 13.4. The minimum atomic E-state index is -0.862. The van der Waals surface area contributed by atoms with Crippen LogP contribution in [0.4, 0.5) is 11.5 Å². The van der Waals surface area contributed by atoms with E-state index in [1.165, 1.54) is 57.3 Å². The topological polar surface area (TPSA) is 214 Å². The SMILES string of the molecule is CCc1cc2c([nH]1)N1CCNCC1C1(CCC3(CCCC3)CC1)c1ccc(c(N=C(N)N)c1)CC(CO)COc1c(OC)c(OCCC(O)C=Cc3ccccc3)c3c(=O)cc(-c4ccc(O)cc4)oc3c1CCc1cccc-2c1. The minimum absolute atomic E-state index is 0.0110. The van der Waals surface area contributed by atoms with Crippen molar-refractivity contribution < 1.29 is 33.9 Å². The van der Waals surface area contributed by atoms with Crippen LogP contribution in [0.25, 0.3) is 39.5 Å². The number of aliphatic hydroxyl groups is 2. The molecule has 3 fully saturated rings. The summed E-state index contributed by atoms with van der Waals surface area (Å²) in [6.45, 7) is 4.50. The van der Waals surface area contributed by atoms with E-state index in [1.54, 1.807) is 30.3 Å². The third kappa shape index (κ3) is 11.2. The van der Waals surface area contributed by atoms with E-state index in [4.69, 9.17) is 35.1 Å². The van der Waals surface area contributed by atoms with Crippen LogP contribution >= 0.6 is 0 Å². The third-order valence-electron chi connectivity index (χ3n) is 17.8. The van der Waals surface area contributed by atoms with Gasteiger partial charge in [-0.05, 0) is 134 Å². The summed E-state index contributed by atoms with van der Waals surface area (Å²) in [4.78, 5) is 26.3. The fraction of sp³-hybridized carbons (Fsp3) is 0.394. The molecule has 80 heavy (non-hydrogen) atoms. The Kier molecular flexibility index (Phi) is 16.1. The molecule has 3 atom stereocenters. The highest BCUT2D eigenvalue weighted by atomic mass is 16.5. The van der Waals surface area contributed by atoms with E-state index in [0.29, 0.717) is 47.2 Å². The maximum atomic E-state index is 14.8. The number of phenols is 1. The van der Waals surface area contributed by atoms with E-state index in [0.717, 1.165) is 78.2 Å². The van der Waals surface area contributed by atoms with E-state index in [2.05, 4.69) is 70.7 Å². The van der Waals surface area contributed by atoms with Gasteiger partial charge in [-0.15, -0.1) is 0 Å². The Hall–Kier alpha value is -7.52. The molecule has 3 unspecified atom stereocenters. The van der Waals surface area contributed by atoms with Gasteiger partial charge < -0.3 is 60.6 Å². The monoisotopic (exact) mass is 1080 g/mol. The number of fused-ring (bicyclic) bond motifs is 7. The van der Waals surface area contributed by atoms with Gasteiger partial charge in [0.1, 0.15) is 28.3 Å². The molecule has 5 aliphatic rings. The number of phenolic OH excluding ortho intramolecular Hbond substituents is 1. The highest BCUT2D eigenvalue weighted by Gasteiger charge is 2.51. The van der Waals surface area contributed by atoms with Gasteiger partial charge in [-0.25, -0.2) is 4.99 Å². The van der Waals surface area contributed by atoms with Crippen molar-refractivity contribution in [3.8, 4) is 45.4 Å². The maximum Gasteiger partial charge on any atom is 0.204 e. The lowest BCUT2D eigenvalue weighted by molar-refractivity contribution is 0.107. The molecule has 14 nitrogen and oxygen atoms in total. The van der Waals surface area contributed by atoms with Crippen molar-refractivity contribution in [2.24, 2.45) is 27.8 Å². The first-order valence-electron chi connectivity index (χ1n) is 28.8. The number of H-pyrrole nitrogens is 1. The third-order valence-corrected chi connectivity index (χ3v) is 17.8. The van der Waals surface area contributed by atoms with Gasteiger partial charge >= 0.3 is 0 Å². The molecule has 5 aromatic carbocycles. The number of ether oxygens (including phenoxy) is 3. The normalized spacial score (nSPS) is 19.3. The van der Waals surface area contributed by atoms with Crippen LogP contribution in [0, 0.1) is 11.3 Å². The van der Waals surface area contributed by atoms with Crippen molar-refractivity contribution in [1.29, 1.82) is 0 Å². The molecule has 9 N–H and O–H groups in total. The van der Waals surface area contributed by atoms with E-state index in [9.17, 15) is 20.1 Å². The quantitative estimate of drug-likeness (QED) is 0.0476. The standard InChI is InChI=1S/C66H76N6O8/c1-3-49-37-53-46-13-9-12-43(34-46)15-23-52-59-58(55(76)38-56(80-59)45-17-21-50(74)22-18-45)61(78-33-24-51(75)20-14-42-10-5-4-6-11-42)62(77-2)60(52)79-41-44(40-73)35-47-16-19-48(36-54(47)71-64(67)68)66(29-27-65(28-30-66)25-7-8-26-65)57-39-69-31-32-72(57)63(53)70-49/h4-6,9-14,16-22,34,36-38,44,51,57,69-70,73-75H,3,7-8,15,23-33,35,39-41H2,1-2H3,(H4,67,68,71). The van der Waals surface area contributed by atoms with E-state index in [1.807, 2.05) is 36.4 Å². The molecule has 3 aliphatic heterocycles. The molecule has 2 saturated carbocycles. The molecule has 1 saturated heterocycles.